The molecule has 7 heavy (non-hydrogen) atoms. The zero-order chi connectivity index (χ0) is 4.99. The molecule has 0 rings (SSSR count). The van der Waals surface area contributed by atoms with Gasteiger partial charge in [0.05, 0.1) is 0 Å². The second kappa shape index (κ2) is 6.73. The highest BCUT2D eigenvalue weighted by Crippen LogP contribution is 2.02. The summed E-state index contributed by atoms with van der Waals surface area (Å²) in [6.45, 7) is 6.74. The molecule has 0 aliphatic carbocycles. The zero-order valence-electron chi connectivity index (χ0n) is 5.40. The van der Waals surface area contributed by atoms with Gasteiger partial charge in [0.1, 0.15) is 0 Å². The molecule has 0 N–H and O–H groups in total. The Morgan fingerprint density at radius 3 is 1.43 bits per heavy atom. The van der Waals surface area contributed by atoms with E-state index in [4.69, 9.17) is 0 Å². The zero-order valence-corrected chi connectivity index (χ0v) is 7.73. The molecule has 0 unspecified atom stereocenters. The van der Waals surface area contributed by atoms with Crippen LogP contribution in [0.5, 0.6) is 0 Å². The first kappa shape index (κ1) is 10.7. The molecule has 0 aromatic heterocycles. The van der Waals surface area contributed by atoms with Crippen molar-refractivity contribution < 1.29 is 0 Å². The Morgan fingerprint density at radius 1 is 1.14 bits per heavy atom. The van der Waals surface area contributed by atoms with Gasteiger partial charge in [0.2, 0.25) is 0 Å². The summed E-state index contributed by atoms with van der Waals surface area (Å²) < 4.78 is 0. The van der Waals surface area contributed by atoms with Gasteiger partial charge in [0.15, 0.2) is 0 Å². The van der Waals surface area contributed by atoms with E-state index in [0.717, 1.165) is 5.92 Å². The Balaban J connectivity index is 0. The van der Waals surface area contributed by atoms with Crippen molar-refractivity contribution in [1.29, 1.82) is 0 Å². The largest absolute Gasteiger partial charge is 0.107 e. The smallest absolute Gasteiger partial charge is 0.0448 e. The fourth-order valence-electron chi connectivity index (χ4n) is 0.289. The molecule has 0 aromatic carbocycles. The summed E-state index contributed by atoms with van der Waals surface area (Å²) in [4.78, 5) is 0. The van der Waals surface area contributed by atoms with Crippen molar-refractivity contribution in [2.24, 2.45) is 5.92 Å². The predicted molar refractivity (Wildman–Crippen MR) is 45.2 cm³/mol. The first-order valence-corrected chi connectivity index (χ1v) is 2.81. The minimum Gasteiger partial charge on any atom is -0.107 e. The van der Waals surface area contributed by atoms with Crippen molar-refractivity contribution in [3.8, 4) is 0 Å². The third kappa shape index (κ3) is 6.73. The van der Waals surface area contributed by atoms with Crippen LogP contribution in [0.3, 0.4) is 0 Å². The molecule has 46 valence electrons. The molecule has 0 saturated heterocycles. The molecule has 0 fully saturated rings. The molecule has 0 aromatic rings. The van der Waals surface area contributed by atoms with Crippen LogP contribution in [0.25, 0.3) is 0 Å². The van der Waals surface area contributed by atoms with E-state index < -0.39 is 0 Å². The van der Waals surface area contributed by atoms with Gasteiger partial charge in [-0.3, -0.25) is 0 Å². The van der Waals surface area contributed by atoms with Crippen LogP contribution < -0.4 is 0 Å². The van der Waals surface area contributed by atoms with Crippen LogP contribution in [-0.4, -0.2) is 0 Å². The van der Waals surface area contributed by atoms with E-state index >= 15 is 0 Å². The predicted octanol–water partition coefficient (Wildman–Crippen LogP) is 3.06. The molecule has 0 aliphatic heterocycles. The van der Waals surface area contributed by atoms with Gasteiger partial charge in [-0.15, -0.1) is 24.0 Å². The Hall–Kier alpha value is 0.730. The van der Waals surface area contributed by atoms with E-state index in [1.165, 1.54) is 12.8 Å². The molecule has 0 bridgehead atoms. The van der Waals surface area contributed by atoms with Crippen molar-refractivity contribution in [1.82, 2.24) is 0 Å². The summed E-state index contributed by atoms with van der Waals surface area (Å²) >= 11 is 0. The van der Waals surface area contributed by atoms with E-state index in [-0.39, 0.29) is 24.0 Å². The van der Waals surface area contributed by atoms with Gasteiger partial charge < -0.3 is 0 Å². The molecule has 0 saturated carbocycles. The highest BCUT2D eigenvalue weighted by atomic mass is 127. The summed E-state index contributed by atoms with van der Waals surface area (Å²) in [7, 11) is 0. The lowest BCUT2D eigenvalue weighted by Gasteiger charge is -1.98. The average molecular weight is 214 g/mol. The Morgan fingerprint density at radius 2 is 1.43 bits per heavy atom. The van der Waals surface area contributed by atoms with E-state index in [2.05, 4.69) is 20.8 Å². The molecule has 0 radical (unpaired) electrons. The number of hydrogen-bond donors (Lipinski definition) is 0. The van der Waals surface area contributed by atoms with E-state index in [0.29, 0.717) is 0 Å². The van der Waals surface area contributed by atoms with Gasteiger partial charge in [-0.2, -0.15) is 0 Å². The third-order valence-electron chi connectivity index (χ3n) is 1.39. The number of halogens is 1. The Bertz CT molecular complexity index is 23.4. The van der Waals surface area contributed by atoms with Gasteiger partial charge in [-0.25, -0.2) is 0 Å². The minimum atomic E-state index is 0. The molecular formula is C6H15I. The van der Waals surface area contributed by atoms with Crippen LogP contribution in [0.2, 0.25) is 0 Å². The molecule has 0 heterocycles. The van der Waals surface area contributed by atoms with Crippen LogP contribution in [0, 0.1) is 5.92 Å². The second-order valence-corrected chi connectivity index (χ2v) is 1.92. The van der Waals surface area contributed by atoms with Crippen LogP contribution in [0.15, 0.2) is 0 Å². The first-order chi connectivity index (χ1) is 2.81. The van der Waals surface area contributed by atoms with Crippen LogP contribution in [0.1, 0.15) is 33.6 Å². The van der Waals surface area contributed by atoms with E-state index in [1.54, 1.807) is 0 Å². The molecule has 0 amide bonds. The van der Waals surface area contributed by atoms with Crippen LogP contribution >= 0.6 is 24.0 Å². The normalized spacial score (nSPS) is 8.57. The fourth-order valence-corrected chi connectivity index (χ4v) is 0.289. The molecular weight excluding hydrogens is 199 g/mol. The summed E-state index contributed by atoms with van der Waals surface area (Å²) in [5.41, 5.74) is 0. The monoisotopic (exact) mass is 214 g/mol. The molecule has 0 spiro atoms. The lowest BCUT2D eigenvalue weighted by atomic mass is 10.1. The molecule has 0 aliphatic rings. The third-order valence-corrected chi connectivity index (χ3v) is 1.39. The maximum atomic E-state index is 2.28. The first-order valence-electron chi connectivity index (χ1n) is 2.81. The lowest BCUT2D eigenvalue weighted by Crippen LogP contribution is -1.85. The van der Waals surface area contributed by atoms with Crippen LogP contribution in [-0.2, 0) is 0 Å². The van der Waals surface area contributed by atoms with Crippen molar-refractivity contribution in [2.45, 2.75) is 33.6 Å². The molecule has 0 atom stereocenters. The highest BCUT2D eigenvalue weighted by molar-refractivity contribution is 14.0. The summed E-state index contributed by atoms with van der Waals surface area (Å²) in [6.07, 6.45) is 2.66. The van der Waals surface area contributed by atoms with Crippen LogP contribution in [0.4, 0.5) is 0 Å². The Labute approximate surface area is 63.7 Å². The van der Waals surface area contributed by atoms with E-state index in [1.807, 2.05) is 0 Å². The van der Waals surface area contributed by atoms with Crippen molar-refractivity contribution >= 4 is 24.0 Å². The van der Waals surface area contributed by atoms with Gasteiger partial charge in [-0.1, -0.05) is 33.6 Å². The topological polar surface area (TPSA) is 0 Å². The maximum absolute atomic E-state index is 2.28. The fraction of sp³-hybridized carbons (Fsp3) is 1.00. The number of hydrogen-bond acceptors (Lipinski definition) is 0. The minimum absolute atomic E-state index is 0. The van der Waals surface area contributed by atoms with E-state index in [9.17, 15) is 0 Å². The van der Waals surface area contributed by atoms with Crippen molar-refractivity contribution in [3.05, 3.63) is 0 Å². The van der Waals surface area contributed by atoms with Gasteiger partial charge in [0.25, 0.3) is 0 Å². The second-order valence-electron chi connectivity index (χ2n) is 1.92. The van der Waals surface area contributed by atoms with Gasteiger partial charge in [0, 0.05) is 0 Å². The average Bonchev–Trinajstić information content (AvgIpc) is 1.65. The lowest BCUT2D eigenvalue weighted by molar-refractivity contribution is 0.544. The number of rotatable bonds is 2. The standard InChI is InChI=1S/C6H14.HI/c1-4-6(3)5-2;/h6H,4-5H2,1-3H3;1H. The van der Waals surface area contributed by atoms with Crippen molar-refractivity contribution in [2.75, 3.05) is 0 Å². The SMILES string of the molecule is CCC(C)CC.I. The highest BCUT2D eigenvalue weighted by Gasteiger charge is 1.88. The van der Waals surface area contributed by atoms with Crippen molar-refractivity contribution in [3.63, 3.8) is 0 Å². The summed E-state index contributed by atoms with van der Waals surface area (Å²) in [6, 6.07) is 0. The summed E-state index contributed by atoms with van der Waals surface area (Å²) in [5, 5.41) is 0. The molecule has 1 heteroatoms. The quantitative estimate of drug-likeness (QED) is 0.619. The maximum Gasteiger partial charge on any atom is -0.0448 e. The van der Waals surface area contributed by atoms with Gasteiger partial charge in [-0.05, 0) is 5.92 Å². The molecule has 0 nitrogen and oxygen atoms in total. The Kier molecular flexibility index (Phi) is 10.3. The van der Waals surface area contributed by atoms with Gasteiger partial charge >= 0.3 is 0 Å². The summed E-state index contributed by atoms with van der Waals surface area (Å²) in [5.74, 6) is 0.935.